The van der Waals surface area contributed by atoms with Crippen molar-refractivity contribution in [1.29, 1.82) is 0 Å². The molecule has 24 heavy (non-hydrogen) atoms. The zero-order valence-corrected chi connectivity index (χ0v) is 15.7. The first-order valence-electron chi connectivity index (χ1n) is 8.10. The molecule has 7 nitrogen and oxygen atoms in total. The molecule has 0 spiro atoms. The fraction of sp³-hybridized carbons (Fsp3) is 0.625. The Labute approximate surface area is 144 Å². The van der Waals surface area contributed by atoms with E-state index >= 15 is 0 Å². The number of sulfonamides is 1. The van der Waals surface area contributed by atoms with Gasteiger partial charge in [0.15, 0.2) is 0 Å². The Balaban J connectivity index is 3.03. The van der Waals surface area contributed by atoms with Crippen LogP contribution in [0.5, 0.6) is 0 Å². The highest BCUT2D eigenvalue weighted by molar-refractivity contribution is 7.89. The van der Waals surface area contributed by atoms with Crippen LogP contribution in [0.1, 0.15) is 47.5 Å². The van der Waals surface area contributed by atoms with E-state index < -0.39 is 22.0 Å². The van der Waals surface area contributed by atoms with Gasteiger partial charge in [0.25, 0.3) is 0 Å². The minimum absolute atomic E-state index is 0.0952. The van der Waals surface area contributed by atoms with Gasteiger partial charge in [-0.3, -0.25) is 0 Å². The molecule has 1 unspecified atom stereocenters. The lowest BCUT2D eigenvalue weighted by molar-refractivity contribution is -0.138. The third-order valence-electron chi connectivity index (χ3n) is 3.53. The van der Waals surface area contributed by atoms with E-state index in [4.69, 9.17) is 5.11 Å². The monoisotopic (exact) mass is 357 g/mol. The summed E-state index contributed by atoms with van der Waals surface area (Å²) in [7, 11) is -3.64. The van der Waals surface area contributed by atoms with Crippen molar-refractivity contribution in [3.63, 3.8) is 0 Å². The van der Waals surface area contributed by atoms with Crippen LogP contribution < -0.4 is 5.32 Å². The number of carbonyl (C=O) groups is 1. The van der Waals surface area contributed by atoms with Crippen LogP contribution in [0.4, 0.5) is 5.82 Å². The van der Waals surface area contributed by atoms with Crippen LogP contribution in [-0.4, -0.2) is 46.9 Å². The molecule has 0 saturated heterocycles. The van der Waals surface area contributed by atoms with Crippen molar-refractivity contribution >= 4 is 21.8 Å². The molecule has 0 fully saturated rings. The number of nitrogens with one attached hydrogen (secondary N) is 1. The standard InChI is InChI=1S/C16H27N3O4S/c1-6-7-14(16(20)21)18-15-9-8-13(10-17-15)24(22,23)19(11(2)3)12(4)5/h8-12,14H,6-7H2,1-5H3,(H,17,18)(H,20,21). The number of carboxylic acid groups (broad SMARTS) is 1. The van der Waals surface area contributed by atoms with Crippen molar-refractivity contribution in [3.05, 3.63) is 18.3 Å². The van der Waals surface area contributed by atoms with Crippen molar-refractivity contribution in [2.24, 2.45) is 0 Å². The van der Waals surface area contributed by atoms with E-state index in [-0.39, 0.29) is 17.0 Å². The number of pyridine rings is 1. The normalized spacial score (nSPS) is 13.5. The topological polar surface area (TPSA) is 99.6 Å². The molecule has 0 radical (unpaired) electrons. The molecule has 0 amide bonds. The Morgan fingerprint density at radius 3 is 2.21 bits per heavy atom. The molecule has 1 atom stereocenters. The van der Waals surface area contributed by atoms with Crippen molar-refractivity contribution < 1.29 is 18.3 Å². The first kappa shape index (κ1) is 20.4. The number of aromatic nitrogens is 1. The van der Waals surface area contributed by atoms with Crippen LogP contribution in [-0.2, 0) is 14.8 Å². The quantitative estimate of drug-likeness (QED) is 0.704. The summed E-state index contributed by atoms with van der Waals surface area (Å²) < 4.78 is 26.9. The summed E-state index contributed by atoms with van der Waals surface area (Å²) in [5, 5.41) is 12.0. The molecule has 0 saturated carbocycles. The molecule has 1 heterocycles. The minimum Gasteiger partial charge on any atom is -0.480 e. The number of aliphatic carboxylic acids is 1. The molecular formula is C16H27N3O4S. The summed E-state index contributed by atoms with van der Waals surface area (Å²) in [6.45, 7) is 9.19. The van der Waals surface area contributed by atoms with Crippen LogP contribution >= 0.6 is 0 Å². The smallest absolute Gasteiger partial charge is 0.326 e. The van der Waals surface area contributed by atoms with Gasteiger partial charge in [-0.2, -0.15) is 4.31 Å². The lowest BCUT2D eigenvalue weighted by Crippen LogP contribution is -2.41. The van der Waals surface area contributed by atoms with Gasteiger partial charge in [-0.15, -0.1) is 0 Å². The van der Waals surface area contributed by atoms with E-state index in [1.54, 1.807) is 0 Å². The maximum atomic E-state index is 12.7. The van der Waals surface area contributed by atoms with Crippen LogP contribution in [0.15, 0.2) is 23.2 Å². The second-order valence-corrected chi connectivity index (χ2v) is 8.07. The van der Waals surface area contributed by atoms with Gasteiger partial charge < -0.3 is 10.4 Å². The van der Waals surface area contributed by atoms with Crippen molar-refractivity contribution in [3.8, 4) is 0 Å². The predicted octanol–water partition coefficient (Wildman–Crippen LogP) is 2.55. The molecular weight excluding hydrogens is 330 g/mol. The summed E-state index contributed by atoms with van der Waals surface area (Å²) in [6, 6.07) is 1.86. The number of anilines is 1. The summed E-state index contributed by atoms with van der Waals surface area (Å²) in [6.07, 6.45) is 2.44. The Morgan fingerprint density at radius 1 is 1.25 bits per heavy atom. The van der Waals surface area contributed by atoms with Gasteiger partial charge in [-0.1, -0.05) is 13.3 Å². The predicted molar refractivity (Wildman–Crippen MR) is 93.5 cm³/mol. The zero-order chi connectivity index (χ0) is 18.5. The molecule has 0 aliphatic rings. The van der Waals surface area contributed by atoms with Gasteiger partial charge >= 0.3 is 5.97 Å². The molecule has 0 bridgehead atoms. The first-order valence-corrected chi connectivity index (χ1v) is 9.54. The van der Waals surface area contributed by atoms with Gasteiger partial charge in [0, 0.05) is 18.3 Å². The van der Waals surface area contributed by atoms with E-state index in [0.29, 0.717) is 18.7 Å². The molecule has 0 aliphatic carbocycles. The van der Waals surface area contributed by atoms with Gasteiger partial charge in [-0.05, 0) is 46.2 Å². The number of carboxylic acids is 1. The summed E-state index contributed by atoms with van der Waals surface area (Å²) in [5.74, 6) is -0.614. The Bertz CT molecular complexity index is 634. The highest BCUT2D eigenvalue weighted by Crippen LogP contribution is 2.21. The van der Waals surface area contributed by atoms with Crippen LogP contribution in [0.3, 0.4) is 0 Å². The fourth-order valence-electron chi connectivity index (χ4n) is 2.62. The van der Waals surface area contributed by atoms with Crippen LogP contribution in [0.2, 0.25) is 0 Å². The van der Waals surface area contributed by atoms with Crippen LogP contribution in [0.25, 0.3) is 0 Å². The van der Waals surface area contributed by atoms with E-state index in [1.807, 2.05) is 34.6 Å². The molecule has 1 rings (SSSR count). The Hall–Kier alpha value is -1.67. The van der Waals surface area contributed by atoms with Crippen molar-refractivity contribution in [2.75, 3.05) is 5.32 Å². The summed E-state index contributed by atoms with van der Waals surface area (Å²) in [5.41, 5.74) is 0. The number of hydrogen-bond acceptors (Lipinski definition) is 5. The minimum atomic E-state index is -3.64. The third kappa shape index (κ3) is 4.91. The maximum Gasteiger partial charge on any atom is 0.326 e. The van der Waals surface area contributed by atoms with E-state index in [2.05, 4.69) is 10.3 Å². The van der Waals surface area contributed by atoms with Gasteiger partial charge in [0.2, 0.25) is 10.0 Å². The molecule has 0 aromatic carbocycles. The number of rotatable bonds is 9. The third-order valence-corrected chi connectivity index (χ3v) is 5.76. The summed E-state index contributed by atoms with van der Waals surface area (Å²) >= 11 is 0. The fourth-order valence-corrected chi connectivity index (χ4v) is 4.40. The number of hydrogen-bond donors (Lipinski definition) is 2. The maximum absolute atomic E-state index is 12.7. The largest absolute Gasteiger partial charge is 0.480 e. The van der Waals surface area contributed by atoms with Gasteiger partial charge in [0.1, 0.15) is 16.8 Å². The lowest BCUT2D eigenvalue weighted by Gasteiger charge is -2.29. The van der Waals surface area contributed by atoms with Crippen LogP contribution in [0, 0.1) is 0 Å². The molecule has 8 heteroatoms. The molecule has 1 aromatic rings. The summed E-state index contributed by atoms with van der Waals surface area (Å²) in [4.78, 5) is 15.3. The molecule has 2 N–H and O–H groups in total. The second kappa shape index (κ2) is 8.43. The zero-order valence-electron chi connectivity index (χ0n) is 14.9. The van der Waals surface area contributed by atoms with E-state index in [9.17, 15) is 13.2 Å². The van der Waals surface area contributed by atoms with E-state index in [1.165, 1.54) is 22.6 Å². The Kier molecular flexibility index (Phi) is 7.16. The SMILES string of the molecule is CCCC(Nc1ccc(S(=O)(=O)N(C(C)C)C(C)C)cn1)C(=O)O. The van der Waals surface area contributed by atoms with Crippen molar-refractivity contribution in [2.45, 2.75) is 70.5 Å². The molecule has 0 aliphatic heterocycles. The number of nitrogens with zero attached hydrogens (tertiary/aromatic N) is 2. The van der Waals surface area contributed by atoms with E-state index in [0.717, 1.165) is 0 Å². The van der Waals surface area contributed by atoms with Gasteiger partial charge in [-0.25, -0.2) is 18.2 Å². The average molecular weight is 357 g/mol. The van der Waals surface area contributed by atoms with Gasteiger partial charge in [0.05, 0.1) is 0 Å². The Morgan fingerprint density at radius 2 is 1.83 bits per heavy atom. The molecule has 1 aromatic heterocycles. The highest BCUT2D eigenvalue weighted by Gasteiger charge is 2.29. The average Bonchev–Trinajstić information content (AvgIpc) is 2.46. The lowest BCUT2D eigenvalue weighted by atomic mass is 10.2. The highest BCUT2D eigenvalue weighted by atomic mass is 32.2. The first-order chi connectivity index (χ1) is 11.1. The van der Waals surface area contributed by atoms with Crippen molar-refractivity contribution in [1.82, 2.24) is 9.29 Å². The molecule has 136 valence electrons. The second-order valence-electron chi connectivity index (χ2n) is 6.23.